The Labute approximate surface area is 125 Å². The summed E-state index contributed by atoms with van der Waals surface area (Å²) in [6.07, 6.45) is 1.96. The molecule has 1 aliphatic heterocycles. The minimum absolute atomic E-state index is 0.0186. The zero-order valence-electron chi connectivity index (χ0n) is 12.3. The summed E-state index contributed by atoms with van der Waals surface area (Å²) in [6.45, 7) is 1.99. The molecule has 114 valence electrons. The molecule has 0 aromatic heterocycles. The fourth-order valence-electron chi connectivity index (χ4n) is 2.69. The summed E-state index contributed by atoms with van der Waals surface area (Å²) < 4.78 is 10.7. The molecule has 1 aliphatic carbocycles. The quantitative estimate of drug-likeness (QED) is 0.857. The molecule has 2 unspecified atom stereocenters. The van der Waals surface area contributed by atoms with Crippen molar-refractivity contribution < 1.29 is 14.3 Å². The van der Waals surface area contributed by atoms with Gasteiger partial charge in [-0.2, -0.15) is 0 Å². The van der Waals surface area contributed by atoms with Gasteiger partial charge in [0.25, 0.3) is 5.91 Å². The summed E-state index contributed by atoms with van der Waals surface area (Å²) in [6, 6.07) is 8.02. The van der Waals surface area contributed by atoms with Gasteiger partial charge in [0.15, 0.2) is 0 Å². The monoisotopic (exact) mass is 290 g/mol. The number of benzene rings is 1. The maximum atomic E-state index is 12.3. The third kappa shape index (κ3) is 3.54. The van der Waals surface area contributed by atoms with Gasteiger partial charge in [0.2, 0.25) is 0 Å². The van der Waals surface area contributed by atoms with Gasteiger partial charge < -0.3 is 20.1 Å². The van der Waals surface area contributed by atoms with Crippen LogP contribution in [0.2, 0.25) is 0 Å². The average Bonchev–Trinajstić information content (AvgIpc) is 3.38. The van der Waals surface area contributed by atoms with Gasteiger partial charge in [0.1, 0.15) is 11.9 Å². The molecule has 2 aliphatic rings. The average molecular weight is 290 g/mol. The van der Waals surface area contributed by atoms with E-state index < -0.39 is 0 Å². The van der Waals surface area contributed by atoms with Gasteiger partial charge in [0.05, 0.1) is 19.8 Å². The summed E-state index contributed by atoms with van der Waals surface area (Å²) in [5, 5.41) is 6.34. The maximum absolute atomic E-state index is 12.3. The highest BCUT2D eigenvalue weighted by molar-refractivity contribution is 5.81. The zero-order valence-corrected chi connectivity index (χ0v) is 12.3. The standard InChI is InChI=1S/C16H22N2O3/c1-20-13-6-4-12(5-7-13)15(11-2-3-11)18-16(19)14-10-17-8-9-21-14/h4-7,11,14-15,17H,2-3,8-10H2,1H3,(H,18,19). The van der Waals surface area contributed by atoms with Crippen molar-refractivity contribution in [1.82, 2.24) is 10.6 Å². The molecule has 5 heteroatoms. The van der Waals surface area contributed by atoms with Crippen LogP contribution in [0, 0.1) is 5.92 Å². The predicted octanol–water partition coefficient (Wildman–Crippen LogP) is 1.25. The molecule has 21 heavy (non-hydrogen) atoms. The van der Waals surface area contributed by atoms with E-state index in [1.54, 1.807) is 7.11 Å². The van der Waals surface area contributed by atoms with Crippen molar-refractivity contribution in [2.45, 2.75) is 25.0 Å². The number of methoxy groups -OCH3 is 1. The van der Waals surface area contributed by atoms with Crippen LogP contribution >= 0.6 is 0 Å². The van der Waals surface area contributed by atoms with Gasteiger partial charge in [-0.1, -0.05) is 12.1 Å². The highest BCUT2D eigenvalue weighted by atomic mass is 16.5. The fraction of sp³-hybridized carbons (Fsp3) is 0.562. The first-order valence-electron chi connectivity index (χ1n) is 7.54. The number of carbonyl (C=O) groups excluding carboxylic acids is 1. The molecule has 0 spiro atoms. The minimum Gasteiger partial charge on any atom is -0.497 e. The van der Waals surface area contributed by atoms with Crippen molar-refractivity contribution >= 4 is 5.91 Å². The van der Waals surface area contributed by atoms with Crippen LogP contribution in [-0.4, -0.2) is 38.8 Å². The molecule has 2 N–H and O–H groups in total. The number of hydrogen-bond donors (Lipinski definition) is 2. The molecule has 2 atom stereocenters. The van der Waals surface area contributed by atoms with E-state index in [-0.39, 0.29) is 18.1 Å². The SMILES string of the molecule is COc1ccc(C(NC(=O)C2CNCCO2)C2CC2)cc1. The van der Waals surface area contributed by atoms with Crippen LogP contribution in [0.4, 0.5) is 0 Å². The van der Waals surface area contributed by atoms with Gasteiger partial charge in [0, 0.05) is 13.1 Å². The topological polar surface area (TPSA) is 59.6 Å². The van der Waals surface area contributed by atoms with Crippen molar-refractivity contribution in [3.63, 3.8) is 0 Å². The second-order valence-corrected chi connectivity index (χ2v) is 5.66. The number of hydrogen-bond acceptors (Lipinski definition) is 4. The van der Waals surface area contributed by atoms with Crippen LogP contribution in [0.1, 0.15) is 24.4 Å². The Hall–Kier alpha value is -1.59. The summed E-state index contributed by atoms with van der Waals surface area (Å²) >= 11 is 0. The van der Waals surface area contributed by atoms with E-state index in [0.29, 0.717) is 19.1 Å². The molecule has 0 bridgehead atoms. The van der Waals surface area contributed by atoms with Crippen molar-refractivity contribution in [3.8, 4) is 5.75 Å². The predicted molar refractivity (Wildman–Crippen MR) is 79.2 cm³/mol. The lowest BCUT2D eigenvalue weighted by Gasteiger charge is -2.26. The van der Waals surface area contributed by atoms with Crippen molar-refractivity contribution in [2.75, 3.05) is 26.8 Å². The van der Waals surface area contributed by atoms with Crippen LogP contribution in [0.25, 0.3) is 0 Å². The van der Waals surface area contributed by atoms with Crippen molar-refractivity contribution in [2.24, 2.45) is 5.92 Å². The number of ether oxygens (including phenoxy) is 2. The molecular weight excluding hydrogens is 268 g/mol. The second-order valence-electron chi connectivity index (χ2n) is 5.66. The van der Waals surface area contributed by atoms with Crippen LogP contribution in [-0.2, 0) is 9.53 Å². The number of carbonyl (C=O) groups is 1. The van der Waals surface area contributed by atoms with E-state index in [9.17, 15) is 4.79 Å². The Bertz CT molecular complexity index is 479. The van der Waals surface area contributed by atoms with Gasteiger partial charge in [-0.15, -0.1) is 0 Å². The van der Waals surface area contributed by atoms with E-state index in [1.807, 2.05) is 24.3 Å². The Balaban J connectivity index is 1.67. The Kier molecular flexibility index (Phi) is 4.41. The summed E-state index contributed by atoms with van der Waals surface area (Å²) in [5.41, 5.74) is 1.13. The number of morpholine rings is 1. The van der Waals surface area contributed by atoms with E-state index in [2.05, 4.69) is 10.6 Å². The van der Waals surface area contributed by atoms with Crippen LogP contribution in [0.3, 0.4) is 0 Å². The van der Waals surface area contributed by atoms with E-state index in [1.165, 1.54) is 12.8 Å². The van der Waals surface area contributed by atoms with Crippen molar-refractivity contribution in [1.29, 1.82) is 0 Å². The summed E-state index contributed by atoms with van der Waals surface area (Å²) in [7, 11) is 1.66. The lowest BCUT2D eigenvalue weighted by molar-refractivity contribution is -0.135. The largest absolute Gasteiger partial charge is 0.497 e. The molecule has 3 rings (SSSR count). The number of rotatable bonds is 5. The number of nitrogens with one attached hydrogen (secondary N) is 2. The van der Waals surface area contributed by atoms with E-state index >= 15 is 0 Å². The first-order chi connectivity index (χ1) is 10.3. The maximum Gasteiger partial charge on any atom is 0.250 e. The zero-order chi connectivity index (χ0) is 14.7. The summed E-state index contributed by atoms with van der Waals surface area (Å²) in [5.74, 6) is 1.35. The molecular formula is C16H22N2O3. The molecule has 1 aromatic carbocycles. The van der Waals surface area contributed by atoms with Gasteiger partial charge in [-0.05, 0) is 36.5 Å². The second kappa shape index (κ2) is 6.45. The van der Waals surface area contributed by atoms with Gasteiger partial charge >= 0.3 is 0 Å². The molecule has 5 nitrogen and oxygen atoms in total. The molecule has 0 radical (unpaired) electrons. The molecule has 1 saturated heterocycles. The van der Waals surface area contributed by atoms with Gasteiger partial charge in [-0.25, -0.2) is 0 Å². The smallest absolute Gasteiger partial charge is 0.250 e. The molecule has 1 heterocycles. The van der Waals surface area contributed by atoms with Crippen LogP contribution in [0.15, 0.2) is 24.3 Å². The Morgan fingerprint density at radius 1 is 1.38 bits per heavy atom. The molecule has 1 amide bonds. The van der Waals surface area contributed by atoms with Crippen LogP contribution < -0.4 is 15.4 Å². The first kappa shape index (κ1) is 14.4. The fourth-order valence-corrected chi connectivity index (χ4v) is 2.69. The lowest BCUT2D eigenvalue weighted by atomic mass is 10.0. The third-order valence-corrected chi connectivity index (χ3v) is 4.09. The van der Waals surface area contributed by atoms with Gasteiger partial charge in [-0.3, -0.25) is 4.79 Å². The van der Waals surface area contributed by atoms with E-state index in [4.69, 9.17) is 9.47 Å². The molecule has 2 fully saturated rings. The highest BCUT2D eigenvalue weighted by Gasteiger charge is 2.35. The minimum atomic E-state index is -0.377. The number of amides is 1. The van der Waals surface area contributed by atoms with E-state index in [0.717, 1.165) is 17.9 Å². The lowest BCUT2D eigenvalue weighted by Crippen LogP contribution is -2.48. The summed E-state index contributed by atoms with van der Waals surface area (Å²) in [4.78, 5) is 12.3. The first-order valence-corrected chi connectivity index (χ1v) is 7.54. The Morgan fingerprint density at radius 2 is 2.14 bits per heavy atom. The highest BCUT2D eigenvalue weighted by Crippen LogP contribution is 2.41. The molecule has 1 saturated carbocycles. The Morgan fingerprint density at radius 3 is 2.71 bits per heavy atom. The third-order valence-electron chi connectivity index (χ3n) is 4.09. The normalized spacial score (nSPS) is 23.4. The van der Waals surface area contributed by atoms with Crippen LogP contribution in [0.5, 0.6) is 5.75 Å². The molecule has 1 aromatic rings. The van der Waals surface area contributed by atoms with Crippen molar-refractivity contribution in [3.05, 3.63) is 29.8 Å².